The van der Waals surface area contributed by atoms with Gasteiger partial charge in [-0.1, -0.05) is 11.6 Å². The Bertz CT molecular complexity index is 805. The summed E-state index contributed by atoms with van der Waals surface area (Å²) in [6.07, 6.45) is 0. The zero-order chi connectivity index (χ0) is 16.4. The van der Waals surface area contributed by atoms with Gasteiger partial charge in [-0.2, -0.15) is 5.10 Å². The molecule has 6 nitrogen and oxygen atoms in total. The highest BCUT2D eigenvalue weighted by molar-refractivity contribution is 6.31. The molecule has 23 heavy (non-hydrogen) atoms. The molecule has 0 saturated carbocycles. The van der Waals surface area contributed by atoms with Crippen molar-refractivity contribution in [3.63, 3.8) is 0 Å². The van der Waals surface area contributed by atoms with Crippen LogP contribution in [0.3, 0.4) is 0 Å². The molecule has 0 aromatic heterocycles. The van der Waals surface area contributed by atoms with Gasteiger partial charge in [0.2, 0.25) is 6.79 Å². The fraction of sp³-hybridized carbons (Fsp3) is 0.125. The average molecular weight is 333 g/mol. The minimum absolute atomic E-state index is 0.0553. The number of aromatic hydroxyl groups is 1. The smallest absolute Gasteiger partial charge is 0.275 e. The molecule has 0 bridgehead atoms. The quantitative estimate of drug-likeness (QED) is 0.669. The topological polar surface area (TPSA) is 80.2 Å². The third-order valence-electron chi connectivity index (χ3n) is 3.32. The Hall–Kier alpha value is -2.73. The molecule has 1 aliphatic heterocycles. The lowest BCUT2D eigenvalue weighted by Gasteiger charge is -2.06. The van der Waals surface area contributed by atoms with Crippen molar-refractivity contribution in [2.45, 2.75) is 6.92 Å². The molecule has 0 unspecified atom stereocenters. The van der Waals surface area contributed by atoms with Crippen LogP contribution >= 0.6 is 11.6 Å². The third kappa shape index (κ3) is 3.22. The lowest BCUT2D eigenvalue weighted by atomic mass is 10.1. The number of halogens is 1. The Labute approximate surface area is 137 Å². The van der Waals surface area contributed by atoms with E-state index in [9.17, 15) is 9.90 Å². The van der Waals surface area contributed by atoms with Crippen LogP contribution in [-0.2, 0) is 0 Å². The Kier molecular flexibility index (Phi) is 4.08. The number of benzene rings is 2. The number of phenols is 1. The highest BCUT2D eigenvalue weighted by Gasteiger charge is 2.15. The van der Waals surface area contributed by atoms with E-state index in [4.69, 9.17) is 21.1 Å². The monoisotopic (exact) mass is 332 g/mol. The molecule has 0 radical (unpaired) electrons. The predicted octanol–water partition coefficient (Wildman–Crippen LogP) is 2.93. The van der Waals surface area contributed by atoms with Gasteiger partial charge in [0.25, 0.3) is 5.91 Å². The molecule has 2 aromatic carbocycles. The number of carbonyl (C=O) groups excluding carboxylic acids is 1. The number of hydrogen-bond acceptors (Lipinski definition) is 5. The van der Waals surface area contributed by atoms with E-state index < -0.39 is 5.91 Å². The molecule has 2 aromatic rings. The van der Waals surface area contributed by atoms with E-state index in [1.54, 1.807) is 19.1 Å². The van der Waals surface area contributed by atoms with Crippen molar-refractivity contribution in [3.05, 3.63) is 52.5 Å². The summed E-state index contributed by atoms with van der Waals surface area (Å²) in [6, 6.07) is 9.60. The van der Waals surface area contributed by atoms with E-state index in [-0.39, 0.29) is 18.1 Å². The van der Waals surface area contributed by atoms with Gasteiger partial charge < -0.3 is 14.6 Å². The van der Waals surface area contributed by atoms with Crippen LogP contribution in [0.25, 0.3) is 0 Å². The summed E-state index contributed by atoms with van der Waals surface area (Å²) in [6.45, 7) is 1.94. The molecule has 3 rings (SSSR count). The van der Waals surface area contributed by atoms with E-state index in [0.29, 0.717) is 22.2 Å². The van der Waals surface area contributed by atoms with Gasteiger partial charge >= 0.3 is 0 Å². The molecule has 118 valence electrons. The number of carbonyl (C=O) groups is 1. The average Bonchev–Trinajstić information content (AvgIpc) is 3.02. The van der Waals surface area contributed by atoms with Crippen molar-refractivity contribution in [1.29, 1.82) is 0 Å². The van der Waals surface area contributed by atoms with Crippen molar-refractivity contribution >= 4 is 23.2 Å². The molecule has 0 saturated heterocycles. The van der Waals surface area contributed by atoms with Crippen LogP contribution in [-0.4, -0.2) is 23.5 Å². The lowest BCUT2D eigenvalue weighted by Crippen LogP contribution is -2.19. The van der Waals surface area contributed by atoms with E-state index in [0.717, 1.165) is 5.56 Å². The Morgan fingerprint density at radius 1 is 1.22 bits per heavy atom. The van der Waals surface area contributed by atoms with Crippen molar-refractivity contribution in [2.75, 3.05) is 6.79 Å². The van der Waals surface area contributed by atoms with E-state index >= 15 is 0 Å². The highest BCUT2D eigenvalue weighted by Crippen LogP contribution is 2.32. The largest absolute Gasteiger partial charge is 0.507 e. The number of hydrazone groups is 1. The van der Waals surface area contributed by atoms with Crippen molar-refractivity contribution in [1.82, 2.24) is 5.43 Å². The summed E-state index contributed by atoms with van der Waals surface area (Å²) in [5, 5.41) is 14.1. The van der Waals surface area contributed by atoms with Crippen LogP contribution in [0.5, 0.6) is 17.2 Å². The summed E-state index contributed by atoms with van der Waals surface area (Å²) in [5.74, 6) is 0.596. The SMILES string of the molecule is CC(=NNC(=O)c1cc(Cl)ccc1O)c1ccc2c(c1)OCO2. The van der Waals surface area contributed by atoms with Crippen LogP contribution in [0.1, 0.15) is 22.8 Å². The number of nitrogens with one attached hydrogen (secondary N) is 1. The first kappa shape index (κ1) is 15.2. The van der Waals surface area contributed by atoms with Gasteiger partial charge in [-0.3, -0.25) is 4.79 Å². The molecule has 7 heteroatoms. The number of fused-ring (bicyclic) bond motifs is 1. The van der Waals surface area contributed by atoms with Gasteiger partial charge in [-0.25, -0.2) is 5.43 Å². The maximum absolute atomic E-state index is 12.1. The fourth-order valence-electron chi connectivity index (χ4n) is 2.07. The first-order valence-corrected chi connectivity index (χ1v) is 7.15. The van der Waals surface area contributed by atoms with E-state index in [2.05, 4.69) is 10.5 Å². The number of ether oxygens (including phenoxy) is 2. The first-order valence-electron chi connectivity index (χ1n) is 6.78. The van der Waals surface area contributed by atoms with Gasteiger partial charge in [0.1, 0.15) is 5.75 Å². The zero-order valence-electron chi connectivity index (χ0n) is 12.2. The van der Waals surface area contributed by atoms with Gasteiger partial charge in [-0.05, 0) is 43.3 Å². The Balaban J connectivity index is 1.76. The summed E-state index contributed by atoms with van der Waals surface area (Å²) in [5.41, 5.74) is 3.81. The predicted molar refractivity (Wildman–Crippen MR) is 85.4 cm³/mol. The minimum atomic E-state index is -0.551. The second kappa shape index (κ2) is 6.18. The third-order valence-corrected chi connectivity index (χ3v) is 3.55. The molecule has 1 aliphatic rings. The molecule has 0 spiro atoms. The fourth-order valence-corrected chi connectivity index (χ4v) is 2.24. The van der Waals surface area contributed by atoms with Gasteiger partial charge in [-0.15, -0.1) is 0 Å². The lowest BCUT2D eigenvalue weighted by molar-refractivity contribution is 0.0952. The summed E-state index contributed by atoms with van der Waals surface area (Å²) < 4.78 is 10.5. The zero-order valence-corrected chi connectivity index (χ0v) is 12.9. The Morgan fingerprint density at radius 2 is 2.00 bits per heavy atom. The van der Waals surface area contributed by atoms with Crippen molar-refractivity contribution in [2.24, 2.45) is 5.10 Å². The van der Waals surface area contributed by atoms with Crippen LogP contribution in [0.4, 0.5) is 0 Å². The second-order valence-corrected chi connectivity index (χ2v) is 5.30. The molecule has 0 atom stereocenters. The van der Waals surface area contributed by atoms with E-state index in [1.807, 2.05) is 6.07 Å². The molecule has 0 aliphatic carbocycles. The minimum Gasteiger partial charge on any atom is -0.507 e. The Morgan fingerprint density at radius 3 is 2.83 bits per heavy atom. The van der Waals surface area contributed by atoms with Gasteiger partial charge in [0.15, 0.2) is 11.5 Å². The normalized spacial score (nSPS) is 13.0. The maximum atomic E-state index is 12.1. The van der Waals surface area contributed by atoms with Gasteiger partial charge in [0, 0.05) is 10.6 Å². The number of rotatable bonds is 3. The number of phenolic OH excluding ortho intramolecular Hbond substituents is 1. The maximum Gasteiger partial charge on any atom is 0.275 e. The summed E-state index contributed by atoms with van der Waals surface area (Å²) in [4.78, 5) is 12.1. The number of amides is 1. The summed E-state index contributed by atoms with van der Waals surface area (Å²) in [7, 11) is 0. The molecule has 1 amide bonds. The van der Waals surface area contributed by atoms with Crippen LogP contribution < -0.4 is 14.9 Å². The number of hydrogen-bond donors (Lipinski definition) is 2. The standard InChI is InChI=1S/C16H13ClN2O4/c1-9(10-2-5-14-15(6-10)23-8-22-14)18-19-16(21)12-7-11(17)3-4-13(12)20/h2-7,20H,8H2,1H3,(H,19,21). The van der Waals surface area contributed by atoms with Gasteiger partial charge in [0.05, 0.1) is 11.3 Å². The molecule has 1 heterocycles. The molecule has 0 fully saturated rings. The molecular formula is C16H13ClN2O4. The van der Waals surface area contributed by atoms with Crippen molar-refractivity contribution < 1.29 is 19.4 Å². The number of nitrogens with zero attached hydrogens (tertiary/aromatic N) is 1. The first-order chi connectivity index (χ1) is 11.0. The summed E-state index contributed by atoms with van der Waals surface area (Å²) >= 11 is 5.82. The van der Waals surface area contributed by atoms with Crippen molar-refractivity contribution in [3.8, 4) is 17.2 Å². The van der Waals surface area contributed by atoms with Crippen LogP contribution in [0, 0.1) is 0 Å². The molecular weight excluding hydrogens is 320 g/mol. The van der Waals surface area contributed by atoms with Crippen LogP contribution in [0.15, 0.2) is 41.5 Å². The second-order valence-electron chi connectivity index (χ2n) is 4.87. The van der Waals surface area contributed by atoms with Crippen LogP contribution in [0.2, 0.25) is 5.02 Å². The highest BCUT2D eigenvalue weighted by atomic mass is 35.5. The van der Waals surface area contributed by atoms with E-state index in [1.165, 1.54) is 18.2 Å². The molecule has 2 N–H and O–H groups in total.